The van der Waals surface area contributed by atoms with Gasteiger partial charge in [-0.05, 0) is 12.1 Å². The van der Waals surface area contributed by atoms with Crippen LogP contribution in [0.25, 0.3) is 0 Å². The highest BCUT2D eigenvalue weighted by Gasteiger charge is 2.25. The standard InChI is InChI=1S/C15H21NO5/c1-19-13-4-2-3-5-14(13)21-9-7-16-6-8-20-11-12(16)10-15(17)18/h2-5,12H,6-11H2,1H3,(H,17,18). The molecule has 1 aliphatic heterocycles. The highest BCUT2D eigenvalue weighted by molar-refractivity contribution is 5.67. The number of methoxy groups -OCH3 is 1. The summed E-state index contributed by atoms with van der Waals surface area (Å²) in [4.78, 5) is 13.0. The number of rotatable bonds is 7. The number of nitrogens with zero attached hydrogens (tertiary/aromatic N) is 1. The second-order valence-corrected chi connectivity index (χ2v) is 4.86. The van der Waals surface area contributed by atoms with Crippen molar-refractivity contribution in [1.82, 2.24) is 4.90 Å². The molecule has 0 bridgehead atoms. The summed E-state index contributed by atoms with van der Waals surface area (Å²) in [5.74, 6) is 0.589. The summed E-state index contributed by atoms with van der Waals surface area (Å²) in [5, 5.41) is 8.93. The van der Waals surface area contributed by atoms with E-state index in [2.05, 4.69) is 4.90 Å². The third-order valence-electron chi connectivity index (χ3n) is 3.46. The van der Waals surface area contributed by atoms with Crippen molar-refractivity contribution in [2.24, 2.45) is 0 Å². The minimum atomic E-state index is -0.804. The normalized spacial score (nSPS) is 19.2. The fraction of sp³-hybridized carbons (Fsp3) is 0.533. The molecule has 1 atom stereocenters. The molecular formula is C15H21NO5. The summed E-state index contributed by atoms with van der Waals surface area (Å²) in [7, 11) is 1.60. The van der Waals surface area contributed by atoms with Gasteiger partial charge < -0.3 is 19.3 Å². The van der Waals surface area contributed by atoms with Crippen LogP contribution in [0.15, 0.2) is 24.3 Å². The van der Waals surface area contributed by atoms with Crippen molar-refractivity contribution in [2.75, 3.05) is 40.0 Å². The topological polar surface area (TPSA) is 68.2 Å². The van der Waals surface area contributed by atoms with Crippen molar-refractivity contribution >= 4 is 5.97 Å². The second kappa shape index (κ2) is 7.85. The summed E-state index contributed by atoms with van der Waals surface area (Å²) in [6.07, 6.45) is 0.0919. The molecule has 1 N–H and O–H groups in total. The Labute approximate surface area is 124 Å². The van der Waals surface area contributed by atoms with E-state index in [0.717, 1.165) is 6.54 Å². The largest absolute Gasteiger partial charge is 0.493 e. The minimum absolute atomic E-state index is 0.0856. The number of hydrogen-bond donors (Lipinski definition) is 1. The van der Waals surface area contributed by atoms with Crippen LogP contribution < -0.4 is 9.47 Å². The average molecular weight is 295 g/mol. The third kappa shape index (κ3) is 4.61. The van der Waals surface area contributed by atoms with Crippen LogP contribution >= 0.6 is 0 Å². The molecule has 0 amide bonds. The lowest BCUT2D eigenvalue weighted by molar-refractivity contribution is -0.140. The van der Waals surface area contributed by atoms with Crippen LogP contribution in [0.3, 0.4) is 0 Å². The van der Waals surface area contributed by atoms with Crippen LogP contribution in [0, 0.1) is 0 Å². The SMILES string of the molecule is COc1ccccc1OCCN1CCOCC1CC(=O)O. The van der Waals surface area contributed by atoms with E-state index in [1.165, 1.54) is 0 Å². The van der Waals surface area contributed by atoms with Gasteiger partial charge in [-0.25, -0.2) is 0 Å². The van der Waals surface area contributed by atoms with Crippen molar-refractivity contribution in [1.29, 1.82) is 0 Å². The van der Waals surface area contributed by atoms with Gasteiger partial charge in [-0.2, -0.15) is 0 Å². The zero-order chi connectivity index (χ0) is 15.1. The Bertz CT molecular complexity index is 465. The highest BCUT2D eigenvalue weighted by Crippen LogP contribution is 2.25. The summed E-state index contributed by atoms with van der Waals surface area (Å²) < 4.78 is 16.3. The van der Waals surface area contributed by atoms with Crippen LogP contribution in [0.1, 0.15) is 6.42 Å². The molecule has 6 heteroatoms. The highest BCUT2D eigenvalue weighted by atomic mass is 16.5. The molecule has 1 fully saturated rings. The van der Waals surface area contributed by atoms with Gasteiger partial charge in [-0.1, -0.05) is 12.1 Å². The Hall–Kier alpha value is -1.79. The van der Waals surface area contributed by atoms with Crippen LogP contribution in [-0.4, -0.2) is 62.0 Å². The molecule has 0 spiro atoms. The zero-order valence-electron chi connectivity index (χ0n) is 12.2. The van der Waals surface area contributed by atoms with Gasteiger partial charge in [0.15, 0.2) is 11.5 Å². The predicted octanol–water partition coefficient (Wildman–Crippen LogP) is 1.25. The molecule has 6 nitrogen and oxygen atoms in total. The molecule has 1 saturated heterocycles. The van der Waals surface area contributed by atoms with Gasteiger partial charge in [0.2, 0.25) is 0 Å². The van der Waals surface area contributed by atoms with Gasteiger partial charge in [0.05, 0.1) is 26.7 Å². The number of morpholine rings is 1. The lowest BCUT2D eigenvalue weighted by Crippen LogP contribution is -2.47. The first-order valence-electron chi connectivity index (χ1n) is 7.00. The third-order valence-corrected chi connectivity index (χ3v) is 3.46. The van der Waals surface area contributed by atoms with Crippen molar-refractivity contribution < 1.29 is 24.1 Å². The molecule has 1 aromatic carbocycles. The molecule has 116 valence electrons. The number of para-hydroxylation sites is 2. The second-order valence-electron chi connectivity index (χ2n) is 4.86. The van der Waals surface area contributed by atoms with Crippen LogP contribution in [0.5, 0.6) is 11.5 Å². The molecule has 1 heterocycles. The van der Waals surface area contributed by atoms with Crippen molar-refractivity contribution in [2.45, 2.75) is 12.5 Å². The molecule has 0 saturated carbocycles. The van der Waals surface area contributed by atoms with E-state index in [4.69, 9.17) is 19.3 Å². The molecule has 0 aliphatic carbocycles. The van der Waals surface area contributed by atoms with E-state index in [1.54, 1.807) is 7.11 Å². The van der Waals surface area contributed by atoms with E-state index in [1.807, 2.05) is 24.3 Å². The van der Waals surface area contributed by atoms with Gasteiger partial charge in [0.1, 0.15) is 6.61 Å². The van der Waals surface area contributed by atoms with Crippen molar-refractivity contribution in [3.05, 3.63) is 24.3 Å². The molecule has 1 aromatic rings. The van der Waals surface area contributed by atoms with E-state index >= 15 is 0 Å². The van der Waals surface area contributed by atoms with Gasteiger partial charge in [-0.15, -0.1) is 0 Å². The number of benzene rings is 1. The fourth-order valence-electron chi connectivity index (χ4n) is 2.38. The zero-order valence-corrected chi connectivity index (χ0v) is 12.2. The van der Waals surface area contributed by atoms with E-state index in [0.29, 0.717) is 37.9 Å². The van der Waals surface area contributed by atoms with E-state index in [9.17, 15) is 4.79 Å². The Balaban J connectivity index is 1.84. The molecule has 0 aromatic heterocycles. The van der Waals surface area contributed by atoms with Crippen LogP contribution in [-0.2, 0) is 9.53 Å². The minimum Gasteiger partial charge on any atom is -0.493 e. The number of hydrogen-bond acceptors (Lipinski definition) is 5. The molecular weight excluding hydrogens is 274 g/mol. The summed E-state index contributed by atoms with van der Waals surface area (Å²) >= 11 is 0. The van der Waals surface area contributed by atoms with E-state index < -0.39 is 5.97 Å². The molecule has 2 rings (SSSR count). The maximum Gasteiger partial charge on any atom is 0.305 e. The molecule has 0 radical (unpaired) electrons. The Kier molecular flexibility index (Phi) is 5.83. The fourth-order valence-corrected chi connectivity index (χ4v) is 2.38. The van der Waals surface area contributed by atoms with Gasteiger partial charge in [0, 0.05) is 19.1 Å². The van der Waals surface area contributed by atoms with Gasteiger partial charge in [-0.3, -0.25) is 9.69 Å². The predicted molar refractivity (Wildman–Crippen MR) is 76.9 cm³/mol. The van der Waals surface area contributed by atoms with Crippen LogP contribution in [0.4, 0.5) is 0 Å². The number of carboxylic acids is 1. The number of ether oxygens (including phenoxy) is 3. The van der Waals surface area contributed by atoms with E-state index in [-0.39, 0.29) is 12.5 Å². The first kappa shape index (κ1) is 15.6. The Morgan fingerprint density at radius 1 is 1.43 bits per heavy atom. The number of carboxylic acid groups (broad SMARTS) is 1. The Morgan fingerprint density at radius 3 is 2.90 bits per heavy atom. The Morgan fingerprint density at radius 2 is 2.19 bits per heavy atom. The first-order chi connectivity index (χ1) is 10.2. The number of aliphatic carboxylic acids is 1. The maximum absolute atomic E-state index is 10.9. The van der Waals surface area contributed by atoms with Crippen molar-refractivity contribution in [3.8, 4) is 11.5 Å². The first-order valence-corrected chi connectivity index (χ1v) is 7.00. The summed E-state index contributed by atoms with van der Waals surface area (Å²) in [5.41, 5.74) is 0. The number of carbonyl (C=O) groups is 1. The lowest BCUT2D eigenvalue weighted by Gasteiger charge is -2.34. The summed E-state index contributed by atoms with van der Waals surface area (Å²) in [6.45, 7) is 2.97. The molecule has 21 heavy (non-hydrogen) atoms. The quantitative estimate of drug-likeness (QED) is 0.816. The molecule has 1 aliphatic rings. The van der Waals surface area contributed by atoms with Gasteiger partial charge in [0.25, 0.3) is 0 Å². The summed E-state index contributed by atoms with van der Waals surface area (Å²) in [6, 6.07) is 7.39. The maximum atomic E-state index is 10.9. The average Bonchev–Trinajstić information content (AvgIpc) is 2.49. The lowest BCUT2D eigenvalue weighted by atomic mass is 10.1. The molecule has 1 unspecified atom stereocenters. The van der Waals surface area contributed by atoms with Crippen molar-refractivity contribution in [3.63, 3.8) is 0 Å². The monoisotopic (exact) mass is 295 g/mol. The smallest absolute Gasteiger partial charge is 0.305 e. The van der Waals surface area contributed by atoms with Gasteiger partial charge >= 0.3 is 5.97 Å². The van der Waals surface area contributed by atoms with Crippen LogP contribution in [0.2, 0.25) is 0 Å².